The zero-order chi connectivity index (χ0) is 24.7. The van der Waals surface area contributed by atoms with Gasteiger partial charge in [0.05, 0.1) is 22.5 Å². The number of nitrogens with one attached hydrogen (secondary N) is 2. The molecule has 1 aromatic heterocycles. The third kappa shape index (κ3) is 6.38. The summed E-state index contributed by atoms with van der Waals surface area (Å²) in [6, 6.07) is 13.8. The van der Waals surface area contributed by atoms with E-state index in [9.17, 15) is 19.7 Å². The number of rotatable bonds is 9. The Kier molecular flexibility index (Phi) is 7.92. The number of carbonyl (C=O) groups excluding carboxylic acids is 2. The molecule has 0 atom stereocenters. The van der Waals surface area contributed by atoms with Gasteiger partial charge in [-0.1, -0.05) is 23.8 Å². The smallest absolute Gasteiger partial charge is 0.271 e. The van der Waals surface area contributed by atoms with Crippen molar-refractivity contribution in [1.29, 1.82) is 0 Å². The standard InChI is InChI=1S/C25H27N5O4/c1-17-13-18(2)25(19(3)14-17)27-23(31)10-5-11-24(32)28-26-16-22-9-6-12-29(22)20-7-4-8-21(15-20)30(33)34/h4,6-9,12-16H,5,10-11H2,1-3H3,(H,27,31)(H,28,32). The number of aryl methyl sites for hydroxylation is 3. The van der Waals surface area contributed by atoms with Gasteiger partial charge < -0.3 is 9.88 Å². The number of anilines is 1. The van der Waals surface area contributed by atoms with E-state index in [0.29, 0.717) is 17.8 Å². The van der Waals surface area contributed by atoms with Gasteiger partial charge >= 0.3 is 0 Å². The highest BCUT2D eigenvalue weighted by molar-refractivity contribution is 5.92. The quantitative estimate of drug-likeness (QED) is 0.276. The number of carbonyl (C=O) groups is 2. The summed E-state index contributed by atoms with van der Waals surface area (Å²) in [6.07, 6.45) is 3.98. The molecule has 9 nitrogen and oxygen atoms in total. The Bertz CT molecular complexity index is 1220. The summed E-state index contributed by atoms with van der Waals surface area (Å²) in [6.45, 7) is 5.92. The normalized spacial score (nSPS) is 10.9. The second-order valence-electron chi connectivity index (χ2n) is 8.05. The number of nitro groups is 1. The van der Waals surface area contributed by atoms with E-state index < -0.39 is 4.92 Å². The van der Waals surface area contributed by atoms with Crippen LogP contribution in [-0.2, 0) is 9.59 Å². The van der Waals surface area contributed by atoms with E-state index in [4.69, 9.17) is 0 Å². The second kappa shape index (κ2) is 11.0. The van der Waals surface area contributed by atoms with Crippen LogP contribution < -0.4 is 10.7 Å². The first-order valence-electron chi connectivity index (χ1n) is 10.9. The fraction of sp³-hybridized carbons (Fsp3) is 0.240. The van der Waals surface area contributed by atoms with Crippen molar-refractivity contribution in [1.82, 2.24) is 9.99 Å². The summed E-state index contributed by atoms with van der Waals surface area (Å²) >= 11 is 0. The van der Waals surface area contributed by atoms with Crippen LogP contribution in [0.4, 0.5) is 11.4 Å². The van der Waals surface area contributed by atoms with Crippen molar-refractivity contribution in [3.05, 3.63) is 87.2 Å². The number of hydrogen-bond donors (Lipinski definition) is 2. The molecule has 2 N–H and O–H groups in total. The molecule has 0 saturated heterocycles. The molecular formula is C25H27N5O4. The molecule has 34 heavy (non-hydrogen) atoms. The van der Waals surface area contributed by atoms with Crippen LogP contribution in [-0.4, -0.2) is 27.5 Å². The molecule has 0 radical (unpaired) electrons. The Morgan fingerprint density at radius 1 is 1.03 bits per heavy atom. The fourth-order valence-corrected chi connectivity index (χ4v) is 3.71. The van der Waals surface area contributed by atoms with Crippen LogP contribution in [0.1, 0.15) is 41.6 Å². The van der Waals surface area contributed by atoms with Crippen molar-refractivity contribution in [2.45, 2.75) is 40.0 Å². The van der Waals surface area contributed by atoms with Gasteiger partial charge in [-0.2, -0.15) is 5.10 Å². The lowest BCUT2D eigenvalue weighted by atomic mass is 10.0. The summed E-state index contributed by atoms with van der Waals surface area (Å²) in [5.41, 5.74) is 7.66. The molecule has 2 aromatic carbocycles. The molecule has 0 bridgehead atoms. The molecule has 176 valence electrons. The van der Waals surface area contributed by atoms with Crippen molar-refractivity contribution < 1.29 is 14.5 Å². The Balaban J connectivity index is 1.49. The third-order valence-corrected chi connectivity index (χ3v) is 5.23. The van der Waals surface area contributed by atoms with Crippen molar-refractivity contribution >= 4 is 29.4 Å². The zero-order valence-corrected chi connectivity index (χ0v) is 19.4. The Hall–Kier alpha value is -4.27. The minimum absolute atomic E-state index is 0.0147. The zero-order valence-electron chi connectivity index (χ0n) is 19.4. The number of nitro benzene ring substituents is 1. The maximum atomic E-state index is 12.3. The van der Waals surface area contributed by atoms with Crippen LogP contribution in [0.2, 0.25) is 0 Å². The minimum Gasteiger partial charge on any atom is -0.326 e. The highest BCUT2D eigenvalue weighted by Crippen LogP contribution is 2.22. The molecule has 0 aliphatic carbocycles. The molecular weight excluding hydrogens is 434 g/mol. The largest absolute Gasteiger partial charge is 0.326 e. The maximum Gasteiger partial charge on any atom is 0.271 e. The fourth-order valence-electron chi connectivity index (χ4n) is 3.71. The molecule has 0 saturated carbocycles. The lowest BCUT2D eigenvalue weighted by Gasteiger charge is -2.12. The van der Waals surface area contributed by atoms with Gasteiger partial charge in [-0.15, -0.1) is 0 Å². The predicted molar refractivity (Wildman–Crippen MR) is 131 cm³/mol. The van der Waals surface area contributed by atoms with Gasteiger partial charge in [0.2, 0.25) is 11.8 Å². The third-order valence-electron chi connectivity index (χ3n) is 5.23. The number of amides is 2. The topological polar surface area (TPSA) is 119 Å². The van der Waals surface area contributed by atoms with E-state index in [2.05, 4.69) is 15.8 Å². The van der Waals surface area contributed by atoms with Crippen LogP contribution in [0, 0.1) is 30.9 Å². The van der Waals surface area contributed by atoms with E-state index in [1.807, 2.05) is 32.9 Å². The van der Waals surface area contributed by atoms with Gasteiger partial charge in [0.1, 0.15) is 0 Å². The molecule has 0 spiro atoms. The van der Waals surface area contributed by atoms with Crippen LogP contribution in [0.25, 0.3) is 5.69 Å². The number of nitrogens with zero attached hydrogens (tertiary/aromatic N) is 3. The maximum absolute atomic E-state index is 12.3. The second-order valence-corrected chi connectivity index (χ2v) is 8.05. The molecule has 0 unspecified atom stereocenters. The SMILES string of the molecule is Cc1cc(C)c(NC(=O)CCCC(=O)NN=Cc2cccn2-c2cccc([N+](=O)[O-])c2)c(C)c1. The van der Waals surface area contributed by atoms with Gasteiger partial charge in [-0.05, 0) is 56.5 Å². The Morgan fingerprint density at radius 2 is 1.74 bits per heavy atom. The van der Waals surface area contributed by atoms with Crippen LogP contribution in [0.15, 0.2) is 59.8 Å². The Morgan fingerprint density at radius 3 is 2.44 bits per heavy atom. The highest BCUT2D eigenvalue weighted by atomic mass is 16.6. The number of aromatic nitrogens is 1. The summed E-state index contributed by atoms with van der Waals surface area (Å²) in [5, 5.41) is 17.9. The average Bonchev–Trinajstić information content (AvgIpc) is 3.25. The lowest BCUT2D eigenvalue weighted by Crippen LogP contribution is -2.19. The summed E-state index contributed by atoms with van der Waals surface area (Å²) in [4.78, 5) is 34.9. The summed E-state index contributed by atoms with van der Waals surface area (Å²) < 4.78 is 1.72. The first kappa shape index (κ1) is 24.4. The molecule has 9 heteroatoms. The van der Waals surface area contributed by atoms with E-state index in [-0.39, 0.29) is 30.3 Å². The lowest BCUT2D eigenvalue weighted by molar-refractivity contribution is -0.384. The van der Waals surface area contributed by atoms with Crippen LogP contribution in [0.5, 0.6) is 0 Å². The predicted octanol–water partition coefficient (Wildman–Crippen LogP) is 4.57. The van der Waals surface area contributed by atoms with Crippen LogP contribution >= 0.6 is 0 Å². The van der Waals surface area contributed by atoms with Gasteiger partial charge in [-0.3, -0.25) is 19.7 Å². The molecule has 0 aliphatic heterocycles. The van der Waals surface area contributed by atoms with E-state index in [1.165, 1.54) is 18.3 Å². The van der Waals surface area contributed by atoms with Crippen molar-refractivity contribution in [2.75, 3.05) is 5.32 Å². The number of non-ortho nitro benzene ring substituents is 1. The monoisotopic (exact) mass is 461 g/mol. The van der Waals surface area contributed by atoms with Gasteiger partial charge in [0, 0.05) is 36.9 Å². The average molecular weight is 462 g/mol. The molecule has 1 heterocycles. The highest BCUT2D eigenvalue weighted by Gasteiger charge is 2.10. The van der Waals surface area contributed by atoms with E-state index in [0.717, 1.165) is 22.4 Å². The first-order chi connectivity index (χ1) is 16.2. The molecule has 3 aromatic rings. The van der Waals surface area contributed by atoms with Crippen molar-refractivity contribution in [3.8, 4) is 5.69 Å². The van der Waals surface area contributed by atoms with Crippen LogP contribution in [0.3, 0.4) is 0 Å². The molecule has 0 fully saturated rings. The van der Waals surface area contributed by atoms with E-state index in [1.54, 1.807) is 35.0 Å². The van der Waals surface area contributed by atoms with Crippen molar-refractivity contribution in [2.24, 2.45) is 5.10 Å². The van der Waals surface area contributed by atoms with Gasteiger partial charge in [-0.25, -0.2) is 5.43 Å². The number of benzene rings is 2. The summed E-state index contributed by atoms with van der Waals surface area (Å²) in [7, 11) is 0. The van der Waals surface area contributed by atoms with Crippen molar-refractivity contribution in [3.63, 3.8) is 0 Å². The Labute approximate surface area is 197 Å². The molecule has 2 amide bonds. The number of hydrazone groups is 1. The summed E-state index contributed by atoms with van der Waals surface area (Å²) in [5.74, 6) is -0.443. The van der Waals surface area contributed by atoms with Gasteiger partial charge in [0.15, 0.2) is 0 Å². The number of hydrogen-bond acceptors (Lipinski definition) is 5. The van der Waals surface area contributed by atoms with E-state index >= 15 is 0 Å². The molecule has 3 rings (SSSR count). The minimum atomic E-state index is -0.454. The first-order valence-corrected chi connectivity index (χ1v) is 10.9. The van der Waals surface area contributed by atoms with Gasteiger partial charge in [0.25, 0.3) is 5.69 Å². The molecule has 0 aliphatic rings.